The summed E-state index contributed by atoms with van der Waals surface area (Å²) in [7, 11) is 0. The van der Waals surface area contributed by atoms with E-state index in [-0.39, 0.29) is 11.6 Å². The number of halogens is 2. The number of anilines is 1. The molecular formula is C5H4ClIN2O. The van der Waals surface area contributed by atoms with Crippen LogP contribution in [0.4, 0.5) is 5.82 Å². The van der Waals surface area contributed by atoms with Crippen LogP contribution in [0.5, 0.6) is 5.75 Å². The van der Waals surface area contributed by atoms with E-state index in [0.717, 1.165) is 0 Å². The van der Waals surface area contributed by atoms with E-state index in [1.54, 1.807) is 0 Å². The molecule has 3 nitrogen and oxygen atoms in total. The number of rotatable bonds is 0. The van der Waals surface area contributed by atoms with Crippen LogP contribution in [0.3, 0.4) is 0 Å². The minimum atomic E-state index is -0.0335. The Labute approximate surface area is 76.4 Å². The predicted octanol–water partition coefficient (Wildman–Crippen LogP) is 1.63. The fourth-order valence-electron chi connectivity index (χ4n) is 0.470. The van der Waals surface area contributed by atoms with E-state index in [1.165, 1.54) is 6.07 Å². The van der Waals surface area contributed by atoms with Gasteiger partial charge >= 0.3 is 0 Å². The summed E-state index contributed by atoms with van der Waals surface area (Å²) in [6, 6.07) is 1.46. The van der Waals surface area contributed by atoms with Crippen molar-refractivity contribution in [3.63, 3.8) is 0 Å². The van der Waals surface area contributed by atoms with Crippen molar-refractivity contribution in [2.24, 2.45) is 0 Å². The Morgan fingerprint density at radius 1 is 1.70 bits per heavy atom. The van der Waals surface area contributed by atoms with Crippen molar-refractivity contribution in [2.75, 3.05) is 5.73 Å². The number of hydrogen-bond donors (Lipinski definition) is 2. The van der Waals surface area contributed by atoms with Gasteiger partial charge in [-0.15, -0.1) is 0 Å². The van der Waals surface area contributed by atoms with Crippen molar-refractivity contribution >= 4 is 40.0 Å². The second-order valence-corrected chi connectivity index (χ2v) is 3.19. The largest absolute Gasteiger partial charge is 0.504 e. The van der Waals surface area contributed by atoms with Crippen LogP contribution in [0.1, 0.15) is 0 Å². The quantitative estimate of drug-likeness (QED) is 0.556. The van der Waals surface area contributed by atoms with E-state index in [9.17, 15) is 0 Å². The average molecular weight is 270 g/mol. The summed E-state index contributed by atoms with van der Waals surface area (Å²) in [6.45, 7) is 0. The topological polar surface area (TPSA) is 59.1 Å². The maximum Gasteiger partial charge on any atom is 0.167 e. The number of pyridine rings is 1. The van der Waals surface area contributed by atoms with E-state index in [4.69, 9.17) is 22.4 Å². The first-order valence-corrected chi connectivity index (χ1v) is 3.87. The molecule has 0 unspecified atom stereocenters. The highest BCUT2D eigenvalue weighted by atomic mass is 127. The second-order valence-electron chi connectivity index (χ2n) is 1.67. The predicted molar refractivity (Wildman–Crippen MR) is 48.0 cm³/mol. The third kappa shape index (κ3) is 1.43. The van der Waals surface area contributed by atoms with E-state index in [2.05, 4.69) is 4.98 Å². The number of nitrogens with two attached hydrogens (primary N) is 1. The maximum absolute atomic E-state index is 8.97. The molecule has 0 spiro atoms. The Hall–Kier alpha value is -0.230. The van der Waals surface area contributed by atoms with Crippen molar-refractivity contribution in [2.45, 2.75) is 0 Å². The fraction of sp³-hybridized carbons (Fsp3) is 0. The highest BCUT2D eigenvalue weighted by Crippen LogP contribution is 2.24. The number of nitrogen functional groups attached to an aromatic ring is 1. The maximum atomic E-state index is 8.97. The molecule has 0 aromatic carbocycles. The lowest BCUT2D eigenvalue weighted by Crippen LogP contribution is -1.91. The highest BCUT2D eigenvalue weighted by molar-refractivity contribution is 14.1. The third-order valence-corrected chi connectivity index (χ3v) is 2.37. The molecule has 10 heavy (non-hydrogen) atoms. The molecule has 5 heteroatoms. The summed E-state index contributed by atoms with van der Waals surface area (Å²) in [5.41, 5.74) is 5.24. The Kier molecular flexibility index (Phi) is 2.20. The lowest BCUT2D eigenvalue weighted by Gasteiger charge is -1.98. The molecule has 0 aliphatic heterocycles. The van der Waals surface area contributed by atoms with Gasteiger partial charge in [0.15, 0.2) is 11.6 Å². The summed E-state index contributed by atoms with van der Waals surface area (Å²) in [5.74, 6) is 0.0271. The van der Waals surface area contributed by atoms with Gasteiger partial charge in [0, 0.05) is 6.07 Å². The first-order valence-electron chi connectivity index (χ1n) is 2.41. The van der Waals surface area contributed by atoms with Gasteiger partial charge in [0.2, 0.25) is 0 Å². The lowest BCUT2D eigenvalue weighted by atomic mass is 10.4. The van der Waals surface area contributed by atoms with Crippen molar-refractivity contribution in [1.29, 1.82) is 0 Å². The molecule has 0 fully saturated rings. The molecule has 1 heterocycles. The first kappa shape index (κ1) is 7.87. The van der Waals surface area contributed by atoms with Gasteiger partial charge in [-0.25, -0.2) is 4.98 Å². The number of aromatic hydroxyl groups is 1. The van der Waals surface area contributed by atoms with Gasteiger partial charge in [-0.05, 0) is 22.6 Å². The first-order chi connectivity index (χ1) is 4.61. The van der Waals surface area contributed by atoms with Crippen LogP contribution in [0.15, 0.2) is 6.07 Å². The van der Waals surface area contributed by atoms with Crippen LogP contribution < -0.4 is 5.73 Å². The monoisotopic (exact) mass is 270 g/mol. The van der Waals surface area contributed by atoms with Crippen molar-refractivity contribution in [1.82, 2.24) is 4.98 Å². The van der Waals surface area contributed by atoms with Gasteiger partial charge in [0.05, 0.1) is 3.57 Å². The average Bonchev–Trinajstić information content (AvgIpc) is 1.84. The van der Waals surface area contributed by atoms with Gasteiger partial charge in [0.25, 0.3) is 0 Å². The summed E-state index contributed by atoms with van der Waals surface area (Å²) in [4.78, 5) is 3.66. The zero-order chi connectivity index (χ0) is 7.72. The van der Waals surface area contributed by atoms with E-state index >= 15 is 0 Å². The second kappa shape index (κ2) is 2.79. The summed E-state index contributed by atoms with van der Waals surface area (Å²) < 4.78 is 0.686. The third-order valence-electron chi connectivity index (χ3n) is 0.942. The lowest BCUT2D eigenvalue weighted by molar-refractivity contribution is 0.475. The molecule has 0 amide bonds. The molecular weight excluding hydrogens is 266 g/mol. The highest BCUT2D eigenvalue weighted by Gasteiger charge is 2.03. The minimum Gasteiger partial charge on any atom is -0.504 e. The summed E-state index contributed by atoms with van der Waals surface area (Å²) in [5, 5.41) is 9.29. The van der Waals surface area contributed by atoms with E-state index in [1.807, 2.05) is 22.6 Å². The molecule has 1 aromatic rings. The smallest absolute Gasteiger partial charge is 0.167 e. The zero-order valence-corrected chi connectivity index (χ0v) is 7.72. The molecule has 1 rings (SSSR count). The Bertz CT molecular complexity index is 216. The van der Waals surface area contributed by atoms with Crippen LogP contribution in [0, 0.1) is 3.57 Å². The van der Waals surface area contributed by atoms with Crippen LogP contribution >= 0.6 is 34.2 Å². The number of aromatic nitrogens is 1. The van der Waals surface area contributed by atoms with Crippen LogP contribution in [-0.2, 0) is 0 Å². The minimum absolute atomic E-state index is 0.0335. The van der Waals surface area contributed by atoms with E-state index < -0.39 is 0 Å². The van der Waals surface area contributed by atoms with Gasteiger partial charge in [0.1, 0.15) is 5.15 Å². The van der Waals surface area contributed by atoms with Gasteiger partial charge in [-0.2, -0.15) is 0 Å². The van der Waals surface area contributed by atoms with Gasteiger partial charge < -0.3 is 10.8 Å². The SMILES string of the molecule is Nc1nc(Cl)c(I)cc1O. The standard InChI is InChI=1S/C5H4ClIN2O/c6-4-2(7)1-3(10)5(8)9-4/h1,10H,(H2,8,9). The van der Waals surface area contributed by atoms with Gasteiger partial charge in [-0.1, -0.05) is 11.6 Å². The summed E-state index contributed by atoms with van der Waals surface area (Å²) >= 11 is 7.53. The molecule has 1 aromatic heterocycles. The molecule has 0 aliphatic rings. The zero-order valence-electron chi connectivity index (χ0n) is 4.81. The van der Waals surface area contributed by atoms with Crippen LogP contribution in [0.2, 0.25) is 5.15 Å². The van der Waals surface area contributed by atoms with E-state index in [0.29, 0.717) is 8.72 Å². The van der Waals surface area contributed by atoms with Crippen LogP contribution in [0.25, 0.3) is 0 Å². The molecule has 0 radical (unpaired) electrons. The molecule has 0 saturated carbocycles. The number of hydrogen-bond acceptors (Lipinski definition) is 3. The molecule has 3 N–H and O–H groups in total. The van der Waals surface area contributed by atoms with Crippen molar-refractivity contribution in [3.05, 3.63) is 14.8 Å². The number of nitrogens with zero attached hydrogens (tertiary/aromatic N) is 1. The molecule has 0 bridgehead atoms. The normalized spacial score (nSPS) is 9.80. The Morgan fingerprint density at radius 3 is 2.80 bits per heavy atom. The van der Waals surface area contributed by atoms with Gasteiger partial charge in [-0.3, -0.25) is 0 Å². The Balaban J connectivity index is 3.28. The molecule has 0 saturated heterocycles. The van der Waals surface area contributed by atoms with Crippen LogP contribution in [-0.4, -0.2) is 10.1 Å². The Morgan fingerprint density at radius 2 is 2.30 bits per heavy atom. The fourth-order valence-corrected chi connectivity index (χ4v) is 1.03. The molecule has 0 atom stereocenters. The van der Waals surface area contributed by atoms with Crippen molar-refractivity contribution in [3.8, 4) is 5.75 Å². The molecule has 54 valence electrons. The molecule has 0 aliphatic carbocycles. The van der Waals surface area contributed by atoms with Crippen molar-refractivity contribution < 1.29 is 5.11 Å². The summed E-state index contributed by atoms with van der Waals surface area (Å²) in [6.07, 6.45) is 0.